The third kappa shape index (κ3) is 4.64. The molecule has 7 nitrogen and oxygen atoms in total. The second-order valence-corrected chi connectivity index (χ2v) is 10.4. The summed E-state index contributed by atoms with van der Waals surface area (Å²) >= 11 is 0. The number of fused-ring (bicyclic) bond motifs is 1. The van der Waals surface area contributed by atoms with Crippen LogP contribution in [0.4, 0.5) is 10.2 Å². The predicted molar refractivity (Wildman–Crippen MR) is 146 cm³/mol. The molecule has 2 atom stereocenters. The highest BCUT2D eigenvalue weighted by Gasteiger charge is 2.46. The maximum atomic E-state index is 13.6. The Kier molecular flexibility index (Phi) is 6.55. The molecule has 8 heteroatoms. The third-order valence-corrected chi connectivity index (χ3v) is 7.78. The predicted octanol–water partition coefficient (Wildman–Crippen LogP) is 5.06. The summed E-state index contributed by atoms with van der Waals surface area (Å²) in [6.45, 7) is 6.92. The molecule has 0 bridgehead atoms. The Morgan fingerprint density at radius 1 is 1.00 bits per heavy atom. The first kappa shape index (κ1) is 24.5. The molecule has 1 amide bonds. The Morgan fingerprint density at radius 2 is 1.74 bits per heavy atom. The van der Waals surface area contributed by atoms with Crippen LogP contribution in [0.3, 0.4) is 0 Å². The zero-order valence-corrected chi connectivity index (χ0v) is 22.0. The summed E-state index contributed by atoms with van der Waals surface area (Å²) in [5.41, 5.74) is 3.61. The van der Waals surface area contributed by atoms with E-state index in [1.54, 1.807) is 16.8 Å². The molecule has 3 heterocycles. The van der Waals surface area contributed by atoms with Crippen LogP contribution < -0.4 is 4.90 Å². The third-order valence-electron chi connectivity index (χ3n) is 7.78. The maximum absolute atomic E-state index is 13.6. The van der Waals surface area contributed by atoms with Gasteiger partial charge in [0.1, 0.15) is 17.5 Å². The van der Waals surface area contributed by atoms with Gasteiger partial charge in [-0.05, 0) is 55.5 Å². The first-order valence-electron chi connectivity index (χ1n) is 13.6. The molecule has 2 aliphatic rings. The van der Waals surface area contributed by atoms with E-state index in [4.69, 9.17) is 15.1 Å². The smallest absolute Gasteiger partial charge is 0.226 e. The number of unbranched alkanes of at least 4 members (excludes halogenated alkanes) is 1. The number of rotatable bonds is 7. The van der Waals surface area contributed by atoms with Crippen molar-refractivity contribution in [2.75, 3.05) is 31.1 Å². The van der Waals surface area contributed by atoms with E-state index in [0.717, 1.165) is 72.8 Å². The van der Waals surface area contributed by atoms with Crippen LogP contribution >= 0.6 is 0 Å². The lowest BCUT2D eigenvalue weighted by atomic mass is 10.1. The number of carbonyl (C=O) groups is 1. The molecule has 0 spiro atoms. The maximum Gasteiger partial charge on any atom is 0.226 e. The molecule has 1 aliphatic carbocycles. The van der Waals surface area contributed by atoms with Gasteiger partial charge in [-0.25, -0.2) is 19.0 Å². The first-order chi connectivity index (χ1) is 18.5. The second-order valence-electron chi connectivity index (χ2n) is 10.4. The monoisotopic (exact) mass is 512 g/mol. The molecular weight excluding hydrogens is 479 g/mol. The number of amides is 1. The molecule has 1 saturated carbocycles. The standard InChI is InChI=1S/C30H33FN6O/c1-3-4-10-26-32-28(27-20(2)34-37(29(27)33-26)23-13-11-22(31)12-14-23)35-15-17-36(18-16-35)30(38)25-19-24(25)21-8-6-5-7-9-21/h5-9,11-14,24-25H,3-4,10,15-19H2,1-2H3/t24-,25+/m0/s1. The fraction of sp³-hybridized carbons (Fsp3) is 0.400. The number of nitrogens with zero attached hydrogens (tertiary/aromatic N) is 6. The minimum atomic E-state index is -0.283. The van der Waals surface area contributed by atoms with E-state index in [9.17, 15) is 9.18 Å². The number of aromatic nitrogens is 4. The molecule has 4 aromatic rings. The molecule has 1 aliphatic heterocycles. The topological polar surface area (TPSA) is 67.2 Å². The minimum absolute atomic E-state index is 0.103. The number of benzene rings is 2. The minimum Gasteiger partial charge on any atom is -0.352 e. The van der Waals surface area contributed by atoms with Gasteiger partial charge in [-0.1, -0.05) is 43.7 Å². The molecule has 6 rings (SSSR count). The van der Waals surface area contributed by atoms with Crippen LogP contribution in [0, 0.1) is 18.7 Å². The Labute approximate surface area is 222 Å². The van der Waals surface area contributed by atoms with Crippen LogP contribution in [0.2, 0.25) is 0 Å². The molecule has 0 radical (unpaired) electrons. The molecule has 0 unspecified atom stereocenters. The average Bonchev–Trinajstić information content (AvgIpc) is 3.69. The zero-order chi connectivity index (χ0) is 26.2. The number of hydrogen-bond acceptors (Lipinski definition) is 5. The summed E-state index contributed by atoms with van der Waals surface area (Å²) in [6.07, 6.45) is 3.78. The van der Waals surface area contributed by atoms with E-state index < -0.39 is 0 Å². The molecule has 2 aromatic carbocycles. The van der Waals surface area contributed by atoms with E-state index in [-0.39, 0.29) is 17.6 Å². The Balaban J connectivity index is 1.25. The molecule has 0 N–H and O–H groups in total. The van der Waals surface area contributed by atoms with Crippen molar-refractivity contribution in [2.24, 2.45) is 5.92 Å². The van der Waals surface area contributed by atoms with Gasteiger partial charge in [0.05, 0.1) is 16.8 Å². The quantitative estimate of drug-likeness (QED) is 0.346. The number of carbonyl (C=O) groups excluding carboxylic acids is 1. The van der Waals surface area contributed by atoms with Crippen LogP contribution in [-0.2, 0) is 11.2 Å². The van der Waals surface area contributed by atoms with Gasteiger partial charge in [-0.2, -0.15) is 5.10 Å². The van der Waals surface area contributed by atoms with Crippen molar-refractivity contribution in [3.8, 4) is 5.69 Å². The Bertz CT molecular complexity index is 1440. The lowest BCUT2D eigenvalue weighted by Gasteiger charge is -2.36. The Morgan fingerprint density at radius 3 is 2.45 bits per heavy atom. The fourth-order valence-corrected chi connectivity index (χ4v) is 5.55. The lowest BCUT2D eigenvalue weighted by molar-refractivity contribution is -0.133. The first-order valence-corrected chi connectivity index (χ1v) is 13.6. The van der Waals surface area contributed by atoms with Gasteiger partial charge in [0.2, 0.25) is 5.91 Å². The number of aryl methyl sites for hydroxylation is 2. The second kappa shape index (κ2) is 10.2. The van der Waals surface area contributed by atoms with Crippen LogP contribution in [0.1, 0.15) is 49.2 Å². The molecule has 2 aromatic heterocycles. The molecule has 38 heavy (non-hydrogen) atoms. The van der Waals surface area contributed by atoms with Gasteiger partial charge in [0, 0.05) is 38.5 Å². The Hall–Kier alpha value is -3.81. The fourth-order valence-electron chi connectivity index (χ4n) is 5.55. The number of hydrogen-bond donors (Lipinski definition) is 0. The summed E-state index contributed by atoms with van der Waals surface area (Å²) in [6, 6.07) is 16.7. The highest BCUT2D eigenvalue weighted by Crippen LogP contribution is 2.48. The van der Waals surface area contributed by atoms with Crippen molar-refractivity contribution in [3.63, 3.8) is 0 Å². The van der Waals surface area contributed by atoms with Crippen molar-refractivity contribution < 1.29 is 9.18 Å². The summed E-state index contributed by atoms with van der Waals surface area (Å²) in [4.78, 5) is 27.5. The van der Waals surface area contributed by atoms with Crippen molar-refractivity contribution in [3.05, 3.63) is 77.5 Å². The van der Waals surface area contributed by atoms with Crippen molar-refractivity contribution >= 4 is 22.8 Å². The van der Waals surface area contributed by atoms with Crippen molar-refractivity contribution in [1.29, 1.82) is 0 Å². The highest BCUT2D eigenvalue weighted by atomic mass is 19.1. The van der Waals surface area contributed by atoms with Crippen molar-refractivity contribution in [2.45, 2.75) is 45.4 Å². The van der Waals surface area contributed by atoms with Gasteiger partial charge in [-0.15, -0.1) is 0 Å². The molecular formula is C30H33FN6O. The van der Waals surface area contributed by atoms with Gasteiger partial charge < -0.3 is 9.80 Å². The summed E-state index contributed by atoms with van der Waals surface area (Å²) in [5, 5.41) is 5.70. The summed E-state index contributed by atoms with van der Waals surface area (Å²) in [7, 11) is 0. The normalized spacial score (nSPS) is 19.2. The van der Waals surface area contributed by atoms with Gasteiger partial charge >= 0.3 is 0 Å². The number of halogens is 1. The van der Waals surface area contributed by atoms with E-state index in [1.807, 2.05) is 30.0 Å². The highest BCUT2D eigenvalue weighted by molar-refractivity contribution is 5.91. The largest absolute Gasteiger partial charge is 0.352 e. The molecule has 1 saturated heterocycles. The average molecular weight is 513 g/mol. The van der Waals surface area contributed by atoms with E-state index in [2.05, 4.69) is 24.0 Å². The van der Waals surface area contributed by atoms with Crippen molar-refractivity contribution in [1.82, 2.24) is 24.6 Å². The zero-order valence-electron chi connectivity index (χ0n) is 22.0. The van der Waals surface area contributed by atoms with Crippen LogP contribution in [0.5, 0.6) is 0 Å². The van der Waals surface area contributed by atoms with E-state index in [0.29, 0.717) is 19.0 Å². The van der Waals surface area contributed by atoms with Gasteiger partial charge in [0.15, 0.2) is 5.65 Å². The lowest BCUT2D eigenvalue weighted by Crippen LogP contribution is -2.49. The van der Waals surface area contributed by atoms with Crippen LogP contribution in [0.15, 0.2) is 54.6 Å². The van der Waals surface area contributed by atoms with Gasteiger partial charge in [0.25, 0.3) is 0 Å². The summed E-state index contributed by atoms with van der Waals surface area (Å²) in [5.74, 6) is 2.12. The van der Waals surface area contributed by atoms with Gasteiger partial charge in [-0.3, -0.25) is 4.79 Å². The number of piperazine rings is 1. The van der Waals surface area contributed by atoms with Crippen LogP contribution in [0.25, 0.3) is 16.7 Å². The molecule has 196 valence electrons. The van der Waals surface area contributed by atoms with E-state index in [1.165, 1.54) is 17.7 Å². The van der Waals surface area contributed by atoms with Crippen LogP contribution in [-0.4, -0.2) is 56.7 Å². The molecule has 2 fully saturated rings. The number of anilines is 1. The SMILES string of the molecule is CCCCc1nc(N2CCN(C(=O)[C@@H]3C[C@H]3c3ccccc3)CC2)c2c(C)nn(-c3ccc(F)cc3)c2n1. The van der Waals surface area contributed by atoms with E-state index >= 15 is 0 Å². The summed E-state index contributed by atoms with van der Waals surface area (Å²) < 4.78 is 15.4.